The van der Waals surface area contributed by atoms with Crippen LogP contribution in [-0.4, -0.2) is 22.5 Å². The Morgan fingerprint density at radius 1 is 1.09 bits per heavy atom. The molecule has 0 saturated carbocycles. The molecule has 0 radical (unpaired) electrons. The first-order chi connectivity index (χ1) is 11.4. The maximum Gasteiger partial charge on any atom is 0.206 e. The zero-order chi connectivity index (χ0) is 15.7. The normalized spacial score (nSPS) is 11.1. The summed E-state index contributed by atoms with van der Waals surface area (Å²) in [6, 6.07) is 14.6. The molecule has 0 aliphatic heterocycles. The van der Waals surface area contributed by atoms with E-state index in [-0.39, 0.29) is 0 Å². The van der Waals surface area contributed by atoms with E-state index in [4.69, 9.17) is 0 Å². The van der Waals surface area contributed by atoms with Gasteiger partial charge in [-0.1, -0.05) is 71.6 Å². The maximum atomic E-state index is 4.21. The van der Waals surface area contributed by atoms with Crippen molar-refractivity contribution in [1.29, 1.82) is 0 Å². The summed E-state index contributed by atoms with van der Waals surface area (Å²) in [6.45, 7) is 0.897. The minimum Gasteiger partial charge on any atom is -0.360 e. The number of nitrogens with one attached hydrogen (secondary N) is 1. The van der Waals surface area contributed by atoms with E-state index in [0.29, 0.717) is 0 Å². The third-order valence-electron chi connectivity index (χ3n) is 3.05. The van der Waals surface area contributed by atoms with Crippen LogP contribution < -0.4 is 5.32 Å². The lowest BCUT2D eigenvalue weighted by Crippen LogP contribution is -2.03. The van der Waals surface area contributed by atoms with Crippen LogP contribution in [0.25, 0.3) is 6.08 Å². The largest absolute Gasteiger partial charge is 0.360 e. The van der Waals surface area contributed by atoms with Crippen LogP contribution in [0.4, 0.5) is 5.13 Å². The Labute approximate surface area is 148 Å². The topological polar surface area (TPSA) is 37.8 Å². The standard InChI is InChI=1S/C17H17N3S3/c1-2-6-14(7-3-1)8-4-13-22-17-20-19-16(23-17)18-11-10-15-9-5-12-21-15/h1-9,12H,10-11,13H2,(H,18,19)/b8-4+. The van der Waals surface area contributed by atoms with Crippen LogP contribution in [0.2, 0.25) is 0 Å². The first kappa shape index (κ1) is 16.2. The smallest absolute Gasteiger partial charge is 0.206 e. The molecule has 0 fully saturated rings. The van der Waals surface area contributed by atoms with Gasteiger partial charge in [-0.3, -0.25) is 0 Å². The first-order valence-corrected chi connectivity index (χ1v) is 10.0. The Morgan fingerprint density at radius 3 is 2.83 bits per heavy atom. The van der Waals surface area contributed by atoms with Gasteiger partial charge < -0.3 is 5.32 Å². The third-order valence-corrected chi connectivity index (χ3v) is 5.95. The molecule has 1 N–H and O–H groups in total. The Kier molecular flexibility index (Phi) is 6.25. The highest BCUT2D eigenvalue weighted by atomic mass is 32.2. The predicted molar refractivity (Wildman–Crippen MR) is 103 cm³/mol. The number of aromatic nitrogens is 2. The highest BCUT2D eigenvalue weighted by Gasteiger charge is 2.03. The number of anilines is 1. The molecule has 2 heterocycles. The monoisotopic (exact) mass is 359 g/mol. The molecule has 0 bridgehead atoms. The summed E-state index contributed by atoms with van der Waals surface area (Å²) in [7, 11) is 0. The molecule has 0 aliphatic carbocycles. The molecule has 0 aliphatic rings. The van der Waals surface area contributed by atoms with Gasteiger partial charge in [0.25, 0.3) is 0 Å². The van der Waals surface area contributed by atoms with Gasteiger partial charge in [0.2, 0.25) is 5.13 Å². The summed E-state index contributed by atoms with van der Waals surface area (Å²) in [4.78, 5) is 1.39. The Morgan fingerprint density at radius 2 is 2.00 bits per heavy atom. The van der Waals surface area contributed by atoms with Crippen LogP contribution in [0.5, 0.6) is 0 Å². The zero-order valence-electron chi connectivity index (χ0n) is 12.5. The van der Waals surface area contributed by atoms with Gasteiger partial charge in [0.15, 0.2) is 4.34 Å². The second-order valence-electron chi connectivity index (χ2n) is 4.75. The van der Waals surface area contributed by atoms with Crippen molar-refractivity contribution in [3.63, 3.8) is 0 Å². The summed E-state index contributed by atoms with van der Waals surface area (Å²) < 4.78 is 1.00. The lowest BCUT2D eigenvalue weighted by atomic mass is 10.2. The third kappa shape index (κ3) is 5.49. The van der Waals surface area contributed by atoms with Gasteiger partial charge in [-0.05, 0) is 23.4 Å². The fourth-order valence-electron chi connectivity index (χ4n) is 1.95. The van der Waals surface area contributed by atoms with Gasteiger partial charge in [-0.15, -0.1) is 21.5 Å². The molecular formula is C17H17N3S3. The van der Waals surface area contributed by atoms with E-state index in [9.17, 15) is 0 Å². The SMILES string of the molecule is C(=C\c1ccccc1)/CSc1nnc(NCCc2cccs2)s1. The lowest BCUT2D eigenvalue weighted by molar-refractivity contribution is 0.981. The molecule has 6 heteroatoms. The van der Waals surface area contributed by atoms with Crippen molar-refractivity contribution in [2.75, 3.05) is 17.6 Å². The fourth-order valence-corrected chi connectivity index (χ4v) is 4.28. The quantitative estimate of drug-likeness (QED) is 0.571. The van der Waals surface area contributed by atoms with Gasteiger partial charge in [0, 0.05) is 17.2 Å². The Bertz CT molecular complexity index is 721. The van der Waals surface area contributed by atoms with Crippen LogP contribution in [0.3, 0.4) is 0 Å². The lowest BCUT2D eigenvalue weighted by Gasteiger charge is -1.98. The Hall–Kier alpha value is -1.63. The average Bonchev–Trinajstić information content (AvgIpc) is 3.25. The number of thioether (sulfide) groups is 1. The summed E-state index contributed by atoms with van der Waals surface area (Å²) in [6.07, 6.45) is 5.32. The molecule has 1 aromatic carbocycles. The molecule has 0 saturated heterocycles. The summed E-state index contributed by atoms with van der Waals surface area (Å²) in [5, 5.41) is 14.7. The second kappa shape index (κ2) is 8.86. The molecule has 0 atom stereocenters. The van der Waals surface area contributed by atoms with E-state index >= 15 is 0 Å². The highest BCUT2D eigenvalue weighted by molar-refractivity contribution is 8.01. The number of rotatable bonds is 8. The van der Waals surface area contributed by atoms with Crippen molar-refractivity contribution >= 4 is 45.6 Å². The van der Waals surface area contributed by atoms with Gasteiger partial charge in [0.1, 0.15) is 0 Å². The minimum absolute atomic E-state index is 0.897. The molecular weight excluding hydrogens is 342 g/mol. The van der Waals surface area contributed by atoms with Gasteiger partial charge in [0.05, 0.1) is 0 Å². The second-order valence-corrected chi connectivity index (χ2v) is 8.03. The van der Waals surface area contributed by atoms with Gasteiger partial charge in [-0.25, -0.2) is 0 Å². The number of hydrogen-bond donors (Lipinski definition) is 1. The first-order valence-electron chi connectivity index (χ1n) is 7.34. The summed E-state index contributed by atoms with van der Waals surface area (Å²) >= 11 is 5.12. The average molecular weight is 360 g/mol. The van der Waals surface area contributed by atoms with Crippen molar-refractivity contribution in [2.24, 2.45) is 0 Å². The minimum atomic E-state index is 0.897. The van der Waals surface area contributed by atoms with Gasteiger partial charge >= 0.3 is 0 Å². The molecule has 23 heavy (non-hydrogen) atoms. The molecule has 3 nitrogen and oxygen atoms in total. The van der Waals surface area contributed by atoms with Crippen LogP contribution in [0.15, 0.2) is 58.3 Å². The van der Waals surface area contributed by atoms with E-state index < -0.39 is 0 Å². The molecule has 0 unspecified atom stereocenters. The summed E-state index contributed by atoms with van der Waals surface area (Å²) in [5.74, 6) is 0.902. The number of hydrogen-bond acceptors (Lipinski definition) is 6. The maximum absolute atomic E-state index is 4.21. The number of benzene rings is 1. The number of nitrogens with zero attached hydrogens (tertiary/aromatic N) is 2. The van der Waals surface area contributed by atoms with Crippen molar-refractivity contribution in [3.05, 3.63) is 64.4 Å². The van der Waals surface area contributed by atoms with Crippen LogP contribution in [0.1, 0.15) is 10.4 Å². The van der Waals surface area contributed by atoms with Gasteiger partial charge in [-0.2, -0.15) is 0 Å². The molecule has 118 valence electrons. The highest BCUT2D eigenvalue weighted by Crippen LogP contribution is 2.25. The van der Waals surface area contributed by atoms with Crippen LogP contribution >= 0.6 is 34.4 Å². The van der Waals surface area contributed by atoms with Crippen LogP contribution in [-0.2, 0) is 6.42 Å². The van der Waals surface area contributed by atoms with E-state index in [0.717, 1.165) is 28.2 Å². The van der Waals surface area contributed by atoms with E-state index in [1.54, 1.807) is 34.4 Å². The zero-order valence-corrected chi connectivity index (χ0v) is 15.0. The van der Waals surface area contributed by atoms with Crippen molar-refractivity contribution < 1.29 is 0 Å². The molecule has 3 rings (SSSR count). The van der Waals surface area contributed by atoms with E-state index in [2.05, 4.69) is 57.3 Å². The predicted octanol–water partition coefficient (Wildman–Crippen LogP) is 5.06. The van der Waals surface area contributed by atoms with Crippen molar-refractivity contribution in [1.82, 2.24) is 10.2 Å². The molecule has 0 amide bonds. The molecule has 2 aromatic heterocycles. The van der Waals surface area contributed by atoms with Crippen molar-refractivity contribution in [2.45, 2.75) is 10.8 Å². The van der Waals surface area contributed by atoms with E-state index in [1.807, 2.05) is 18.2 Å². The Balaban J connectivity index is 1.39. The molecule has 3 aromatic rings. The van der Waals surface area contributed by atoms with E-state index in [1.165, 1.54) is 10.4 Å². The fraction of sp³-hybridized carbons (Fsp3) is 0.176. The summed E-state index contributed by atoms with van der Waals surface area (Å²) in [5.41, 5.74) is 1.22. The molecule has 0 spiro atoms. The van der Waals surface area contributed by atoms with Crippen molar-refractivity contribution in [3.8, 4) is 0 Å². The van der Waals surface area contributed by atoms with Crippen LogP contribution in [0, 0.1) is 0 Å². The number of thiophene rings is 1.